The van der Waals surface area contributed by atoms with Crippen LogP contribution in [0.25, 0.3) is 0 Å². The number of nitrogens with zero attached hydrogens (tertiary/aromatic N) is 2. The number of aryl methyl sites for hydroxylation is 3. The average Bonchev–Trinajstić information content (AvgIpc) is 2.52. The number of anilines is 1. The van der Waals surface area contributed by atoms with Crippen LogP contribution in [0.15, 0.2) is 29.2 Å². The van der Waals surface area contributed by atoms with Crippen LogP contribution in [0.3, 0.4) is 0 Å². The molecule has 2 aromatic rings. The zero-order valence-corrected chi connectivity index (χ0v) is 12.2. The lowest BCUT2D eigenvalue weighted by Crippen LogP contribution is -2.14. The number of rotatable bonds is 3. The maximum absolute atomic E-state index is 12.4. The summed E-state index contributed by atoms with van der Waals surface area (Å²) in [4.78, 5) is 0.247. The molecule has 1 N–H and O–H groups in total. The Bertz CT molecular complexity index is 717. The van der Waals surface area contributed by atoms with E-state index in [9.17, 15) is 8.42 Å². The molecule has 0 fully saturated rings. The van der Waals surface area contributed by atoms with Crippen molar-refractivity contribution < 1.29 is 8.42 Å². The summed E-state index contributed by atoms with van der Waals surface area (Å²) in [5.41, 5.74) is 2.68. The maximum Gasteiger partial charge on any atom is 0.265 e. The summed E-state index contributed by atoms with van der Waals surface area (Å²) < 4.78 is 29.0. The molecule has 5 nitrogen and oxygen atoms in total. The molecular formula is C13H17N3O2S. The number of sulfonamides is 1. The van der Waals surface area contributed by atoms with Crippen molar-refractivity contribution in [2.45, 2.75) is 25.7 Å². The molecule has 2 rings (SSSR count). The normalized spacial score (nSPS) is 11.6. The van der Waals surface area contributed by atoms with Gasteiger partial charge in [0, 0.05) is 12.7 Å². The third kappa shape index (κ3) is 2.63. The van der Waals surface area contributed by atoms with Crippen LogP contribution in [-0.4, -0.2) is 18.2 Å². The van der Waals surface area contributed by atoms with Gasteiger partial charge in [0.25, 0.3) is 10.0 Å². The van der Waals surface area contributed by atoms with Crippen molar-refractivity contribution in [2.75, 3.05) is 4.72 Å². The fourth-order valence-corrected chi connectivity index (χ4v) is 3.55. The van der Waals surface area contributed by atoms with Gasteiger partial charge in [0.15, 0.2) is 0 Å². The van der Waals surface area contributed by atoms with E-state index in [2.05, 4.69) is 9.82 Å². The SMILES string of the molecule is Cc1cccc(NS(=O)(=O)c2c(C)nn(C)c2C)c1. The third-order valence-electron chi connectivity index (χ3n) is 2.98. The van der Waals surface area contributed by atoms with Gasteiger partial charge in [-0.2, -0.15) is 5.10 Å². The highest BCUT2D eigenvalue weighted by Crippen LogP contribution is 2.22. The Morgan fingerprint density at radius 1 is 1.21 bits per heavy atom. The van der Waals surface area contributed by atoms with E-state index in [1.807, 2.05) is 19.1 Å². The van der Waals surface area contributed by atoms with Gasteiger partial charge in [-0.3, -0.25) is 9.40 Å². The molecule has 0 aliphatic rings. The number of nitrogens with one attached hydrogen (secondary N) is 1. The average molecular weight is 279 g/mol. The standard InChI is InChI=1S/C13H17N3O2S/c1-9-6-5-7-12(8-9)15-19(17,18)13-10(2)14-16(4)11(13)3/h5-8,15H,1-4H3. The topological polar surface area (TPSA) is 64.0 Å². The molecule has 0 bridgehead atoms. The molecule has 1 aromatic heterocycles. The van der Waals surface area contributed by atoms with Crippen LogP contribution in [0, 0.1) is 20.8 Å². The van der Waals surface area contributed by atoms with Crippen molar-refractivity contribution in [2.24, 2.45) is 7.05 Å². The zero-order valence-electron chi connectivity index (χ0n) is 11.4. The number of hydrogen-bond donors (Lipinski definition) is 1. The van der Waals surface area contributed by atoms with Gasteiger partial charge in [-0.25, -0.2) is 8.42 Å². The van der Waals surface area contributed by atoms with Gasteiger partial charge >= 0.3 is 0 Å². The minimum absolute atomic E-state index is 0.247. The van der Waals surface area contributed by atoms with Crippen molar-refractivity contribution in [3.63, 3.8) is 0 Å². The van der Waals surface area contributed by atoms with Crippen LogP contribution in [0.2, 0.25) is 0 Å². The van der Waals surface area contributed by atoms with Crippen LogP contribution in [0.4, 0.5) is 5.69 Å². The molecule has 0 saturated heterocycles. The Balaban J connectivity index is 2.44. The first-order valence-electron chi connectivity index (χ1n) is 5.91. The van der Waals surface area contributed by atoms with E-state index in [1.54, 1.807) is 37.7 Å². The van der Waals surface area contributed by atoms with Crippen LogP contribution >= 0.6 is 0 Å². The van der Waals surface area contributed by atoms with Crippen molar-refractivity contribution in [1.82, 2.24) is 9.78 Å². The largest absolute Gasteiger partial charge is 0.280 e. The maximum atomic E-state index is 12.4. The lowest BCUT2D eigenvalue weighted by atomic mass is 10.2. The van der Waals surface area contributed by atoms with Gasteiger partial charge in [-0.15, -0.1) is 0 Å². The Morgan fingerprint density at radius 3 is 2.42 bits per heavy atom. The van der Waals surface area contributed by atoms with E-state index in [0.29, 0.717) is 17.1 Å². The lowest BCUT2D eigenvalue weighted by Gasteiger charge is -2.09. The molecule has 0 aliphatic carbocycles. The summed E-state index contributed by atoms with van der Waals surface area (Å²) in [6, 6.07) is 7.25. The fourth-order valence-electron chi connectivity index (χ4n) is 2.06. The summed E-state index contributed by atoms with van der Waals surface area (Å²) >= 11 is 0. The second-order valence-electron chi connectivity index (χ2n) is 4.60. The first-order valence-corrected chi connectivity index (χ1v) is 7.39. The predicted octanol–water partition coefficient (Wildman–Crippen LogP) is 2.15. The summed E-state index contributed by atoms with van der Waals surface area (Å²) in [5, 5.41) is 4.13. The van der Waals surface area contributed by atoms with Crippen LogP contribution in [-0.2, 0) is 17.1 Å². The molecule has 102 valence electrons. The molecule has 0 radical (unpaired) electrons. The first-order chi connectivity index (χ1) is 8.81. The predicted molar refractivity (Wildman–Crippen MR) is 74.7 cm³/mol. The van der Waals surface area contributed by atoms with Crippen molar-refractivity contribution >= 4 is 15.7 Å². The second kappa shape index (κ2) is 4.70. The van der Waals surface area contributed by atoms with E-state index in [1.165, 1.54) is 0 Å². The summed E-state index contributed by atoms with van der Waals surface area (Å²) in [6.07, 6.45) is 0. The summed E-state index contributed by atoms with van der Waals surface area (Å²) in [7, 11) is -1.87. The molecule has 0 unspecified atom stereocenters. The van der Waals surface area contributed by atoms with Crippen molar-refractivity contribution in [1.29, 1.82) is 0 Å². The minimum Gasteiger partial charge on any atom is -0.280 e. The molecule has 0 aliphatic heterocycles. The molecule has 0 saturated carbocycles. The quantitative estimate of drug-likeness (QED) is 0.936. The number of hydrogen-bond acceptors (Lipinski definition) is 3. The lowest BCUT2D eigenvalue weighted by molar-refractivity contribution is 0.599. The molecule has 19 heavy (non-hydrogen) atoms. The molecule has 1 heterocycles. The fraction of sp³-hybridized carbons (Fsp3) is 0.308. The van der Waals surface area contributed by atoms with Gasteiger partial charge in [0.2, 0.25) is 0 Å². The first kappa shape index (κ1) is 13.6. The van der Waals surface area contributed by atoms with Crippen LogP contribution in [0.1, 0.15) is 17.0 Å². The molecule has 1 aromatic carbocycles. The second-order valence-corrected chi connectivity index (χ2v) is 6.22. The van der Waals surface area contributed by atoms with Gasteiger partial charge in [0.1, 0.15) is 4.90 Å². The molecule has 0 amide bonds. The monoisotopic (exact) mass is 279 g/mol. The van der Waals surface area contributed by atoms with Crippen molar-refractivity contribution in [3.05, 3.63) is 41.2 Å². The Labute approximate surface area is 113 Å². The number of aromatic nitrogens is 2. The minimum atomic E-state index is -3.60. The highest BCUT2D eigenvalue weighted by atomic mass is 32.2. The molecular weight excluding hydrogens is 262 g/mol. The van der Waals surface area contributed by atoms with E-state index in [4.69, 9.17) is 0 Å². The Hall–Kier alpha value is -1.82. The summed E-state index contributed by atoms with van der Waals surface area (Å²) in [6.45, 7) is 5.35. The smallest absolute Gasteiger partial charge is 0.265 e. The molecule has 0 atom stereocenters. The molecule has 6 heteroatoms. The van der Waals surface area contributed by atoms with Gasteiger partial charge in [0.05, 0.1) is 11.4 Å². The summed E-state index contributed by atoms with van der Waals surface area (Å²) in [5.74, 6) is 0. The van der Waals surface area contributed by atoms with Crippen LogP contribution in [0.5, 0.6) is 0 Å². The van der Waals surface area contributed by atoms with Crippen molar-refractivity contribution in [3.8, 4) is 0 Å². The van der Waals surface area contributed by atoms with E-state index >= 15 is 0 Å². The Morgan fingerprint density at radius 2 is 1.89 bits per heavy atom. The van der Waals surface area contributed by atoms with E-state index in [-0.39, 0.29) is 4.90 Å². The van der Waals surface area contributed by atoms with Gasteiger partial charge < -0.3 is 0 Å². The third-order valence-corrected chi connectivity index (χ3v) is 4.61. The molecule has 0 spiro atoms. The van der Waals surface area contributed by atoms with Gasteiger partial charge in [-0.1, -0.05) is 12.1 Å². The van der Waals surface area contributed by atoms with Gasteiger partial charge in [-0.05, 0) is 38.5 Å². The van der Waals surface area contributed by atoms with Crippen LogP contribution < -0.4 is 4.72 Å². The highest BCUT2D eigenvalue weighted by Gasteiger charge is 2.23. The van der Waals surface area contributed by atoms with E-state index in [0.717, 1.165) is 5.56 Å². The Kier molecular flexibility index (Phi) is 3.36. The zero-order chi connectivity index (χ0) is 14.2. The van der Waals surface area contributed by atoms with E-state index < -0.39 is 10.0 Å². The highest BCUT2D eigenvalue weighted by molar-refractivity contribution is 7.92. The number of benzene rings is 1.